The molecule has 0 saturated heterocycles. The molecule has 0 aromatic carbocycles. The number of urea groups is 1. The summed E-state index contributed by atoms with van der Waals surface area (Å²) >= 11 is 0. The van der Waals surface area contributed by atoms with Crippen LogP contribution in [0.5, 0.6) is 0 Å². The largest absolute Gasteiger partial charge is 0.481 e. The van der Waals surface area contributed by atoms with E-state index in [9.17, 15) is 9.59 Å². The Labute approximate surface area is 126 Å². The molecule has 0 bridgehead atoms. The Bertz CT molecular complexity index is 352. The molecule has 0 aromatic heterocycles. The summed E-state index contributed by atoms with van der Waals surface area (Å²) in [5, 5.41) is 14.9. The first-order chi connectivity index (χ1) is 9.88. The van der Waals surface area contributed by atoms with Gasteiger partial charge in [-0.2, -0.15) is 0 Å². The molecule has 21 heavy (non-hydrogen) atoms. The van der Waals surface area contributed by atoms with E-state index in [4.69, 9.17) is 9.84 Å². The van der Waals surface area contributed by atoms with Gasteiger partial charge >= 0.3 is 12.0 Å². The van der Waals surface area contributed by atoms with Crippen LogP contribution in [-0.4, -0.2) is 41.9 Å². The van der Waals surface area contributed by atoms with Crippen molar-refractivity contribution in [3.63, 3.8) is 0 Å². The van der Waals surface area contributed by atoms with E-state index < -0.39 is 11.5 Å². The van der Waals surface area contributed by atoms with E-state index in [1.807, 2.05) is 20.8 Å². The minimum Gasteiger partial charge on any atom is -0.481 e. The zero-order chi connectivity index (χ0) is 15.9. The maximum atomic E-state index is 12.2. The molecular formula is C15H28N2O4. The fraction of sp³-hybridized carbons (Fsp3) is 0.867. The van der Waals surface area contributed by atoms with Gasteiger partial charge in [-0.05, 0) is 25.7 Å². The summed E-state index contributed by atoms with van der Waals surface area (Å²) in [7, 11) is 0. The van der Waals surface area contributed by atoms with Gasteiger partial charge in [0, 0.05) is 6.61 Å². The number of nitrogens with one attached hydrogen (secondary N) is 2. The Morgan fingerprint density at radius 1 is 1.29 bits per heavy atom. The molecule has 6 nitrogen and oxygen atoms in total. The number of hydrogen-bond acceptors (Lipinski definition) is 3. The van der Waals surface area contributed by atoms with Crippen LogP contribution in [0.1, 0.15) is 52.9 Å². The zero-order valence-corrected chi connectivity index (χ0v) is 13.3. The SMILES string of the molecule is CCOCC(NC(=O)NC1(CC(=O)O)CCCC1)C(C)C. The first-order valence-corrected chi connectivity index (χ1v) is 7.77. The average molecular weight is 300 g/mol. The van der Waals surface area contributed by atoms with Gasteiger partial charge in [-0.25, -0.2) is 4.79 Å². The standard InChI is InChI=1S/C15H28N2O4/c1-4-21-10-12(11(2)3)16-14(20)17-15(9-13(18)19)7-5-6-8-15/h11-12H,4-10H2,1-3H3,(H,18,19)(H2,16,17,20). The maximum Gasteiger partial charge on any atom is 0.315 e. The summed E-state index contributed by atoms with van der Waals surface area (Å²) < 4.78 is 5.38. The third-order valence-corrected chi connectivity index (χ3v) is 4.05. The van der Waals surface area contributed by atoms with Gasteiger partial charge < -0.3 is 20.5 Å². The fourth-order valence-corrected chi connectivity index (χ4v) is 2.78. The molecule has 1 rings (SSSR count). The summed E-state index contributed by atoms with van der Waals surface area (Å²) in [5.74, 6) is -0.617. The molecule has 0 radical (unpaired) electrons. The lowest BCUT2D eigenvalue weighted by molar-refractivity contribution is -0.138. The maximum absolute atomic E-state index is 12.2. The second-order valence-electron chi connectivity index (χ2n) is 6.17. The molecule has 1 fully saturated rings. The molecule has 0 aromatic rings. The molecule has 1 aliphatic rings. The van der Waals surface area contributed by atoms with Gasteiger partial charge in [0.05, 0.1) is 24.6 Å². The van der Waals surface area contributed by atoms with E-state index in [-0.39, 0.29) is 24.4 Å². The van der Waals surface area contributed by atoms with Crippen molar-refractivity contribution < 1.29 is 19.4 Å². The summed E-state index contributed by atoms with van der Waals surface area (Å²) in [5.41, 5.74) is -0.594. The van der Waals surface area contributed by atoms with Gasteiger partial charge in [0.1, 0.15) is 0 Å². The highest BCUT2D eigenvalue weighted by Crippen LogP contribution is 2.32. The Hall–Kier alpha value is -1.30. The monoisotopic (exact) mass is 300 g/mol. The highest BCUT2D eigenvalue weighted by atomic mass is 16.5. The van der Waals surface area contributed by atoms with E-state index in [0.717, 1.165) is 25.7 Å². The molecule has 6 heteroatoms. The normalized spacial score (nSPS) is 18.5. The number of rotatable bonds is 8. The van der Waals surface area contributed by atoms with Crippen LogP contribution in [0, 0.1) is 5.92 Å². The van der Waals surface area contributed by atoms with E-state index >= 15 is 0 Å². The van der Waals surface area contributed by atoms with E-state index in [0.29, 0.717) is 13.2 Å². The van der Waals surface area contributed by atoms with Gasteiger partial charge in [0.15, 0.2) is 0 Å². The van der Waals surface area contributed by atoms with E-state index in [1.54, 1.807) is 0 Å². The highest BCUT2D eigenvalue weighted by Gasteiger charge is 2.37. The number of aliphatic carboxylic acids is 1. The van der Waals surface area contributed by atoms with Crippen molar-refractivity contribution in [3.05, 3.63) is 0 Å². The van der Waals surface area contributed by atoms with Crippen molar-refractivity contribution in [3.8, 4) is 0 Å². The van der Waals surface area contributed by atoms with Crippen molar-refractivity contribution in [2.24, 2.45) is 5.92 Å². The van der Waals surface area contributed by atoms with Crippen molar-refractivity contribution >= 4 is 12.0 Å². The minimum atomic E-state index is -0.869. The Morgan fingerprint density at radius 3 is 2.38 bits per heavy atom. The van der Waals surface area contributed by atoms with Crippen LogP contribution in [0.2, 0.25) is 0 Å². The summed E-state index contributed by atoms with van der Waals surface area (Å²) in [6.45, 7) is 7.03. The molecule has 2 amide bonds. The first-order valence-electron chi connectivity index (χ1n) is 7.77. The quantitative estimate of drug-likeness (QED) is 0.641. The molecule has 1 saturated carbocycles. The summed E-state index contributed by atoms with van der Waals surface area (Å²) in [4.78, 5) is 23.2. The molecule has 122 valence electrons. The molecule has 1 unspecified atom stereocenters. The molecule has 1 aliphatic carbocycles. The fourth-order valence-electron chi connectivity index (χ4n) is 2.78. The molecule has 3 N–H and O–H groups in total. The van der Waals surface area contributed by atoms with Crippen LogP contribution >= 0.6 is 0 Å². The number of hydrogen-bond donors (Lipinski definition) is 3. The topological polar surface area (TPSA) is 87.7 Å². The lowest BCUT2D eigenvalue weighted by Gasteiger charge is -2.31. The summed E-state index contributed by atoms with van der Waals surface area (Å²) in [6, 6.07) is -0.371. The Morgan fingerprint density at radius 2 is 1.90 bits per heavy atom. The first kappa shape index (κ1) is 17.8. The number of carbonyl (C=O) groups is 2. The molecule has 0 aliphatic heterocycles. The minimum absolute atomic E-state index is 0.0156. The Balaban J connectivity index is 2.58. The van der Waals surface area contributed by atoms with Crippen molar-refractivity contribution in [1.82, 2.24) is 10.6 Å². The predicted molar refractivity (Wildman–Crippen MR) is 80.2 cm³/mol. The lowest BCUT2D eigenvalue weighted by atomic mass is 9.93. The van der Waals surface area contributed by atoms with E-state index in [1.165, 1.54) is 0 Å². The van der Waals surface area contributed by atoms with Crippen molar-refractivity contribution in [2.45, 2.75) is 64.5 Å². The smallest absolute Gasteiger partial charge is 0.315 e. The van der Waals surface area contributed by atoms with Crippen LogP contribution in [0.3, 0.4) is 0 Å². The number of ether oxygens (including phenoxy) is 1. The van der Waals surface area contributed by atoms with Gasteiger partial charge in [0.25, 0.3) is 0 Å². The van der Waals surface area contributed by atoms with Crippen molar-refractivity contribution in [1.29, 1.82) is 0 Å². The van der Waals surface area contributed by atoms with Crippen LogP contribution in [0.15, 0.2) is 0 Å². The predicted octanol–water partition coefficient (Wildman–Crippen LogP) is 2.13. The van der Waals surface area contributed by atoms with Crippen LogP contribution in [0.4, 0.5) is 4.79 Å². The third-order valence-electron chi connectivity index (χ3n) is 4.05. The molecule has 0 spiro atoms. The molecule has 0 heterocycles. The zero-order valence-electron chi connectivity index (χ0n) is 13.3. The van der Waals surface area contributed by atoms with Crippen LogP contribution in [0.25, 0.3) is 0 Å². The van der Waals surface area contributed by atoms with Crippen molar-refractivity contribution in [2.75, 3.05) is 13.2 Å². The molecular weight excluding hydrogens is 272 g/mol. The second-order valence-corrected chi connectivity index (χ2v) is 6.17. The molecule has 1 atom stereocenters. The highest BCUT2D eigenvalue weighted by molar-refractivity contribution is 5.77. The van der Waals surface area contributed by atoms with Crippen LogP contribution in [-0.2, 0) is 9.53 Å². The number of amides is 2. The van der Waals surface area contributed by atoms with E-state index in [2.05, 4.69) is 10.6 Å². The van der Waals surface area contributed by atoms with Gasteiger partial charge in [0.2, 0.25) is 0 Å². The number of carboxylic acids is 1. The van der Waals surface area contributed by atoms with Gasteiger partial charge in [-0.3, -0.25) is 4.79 Å². The second kappa shape index (κ2) is 8.22. The van der Waals surface area contributed by atoms with Gasteiger partial charge in [-0.1, -0.05) is 26.7 Å². The number of carbonyl (C=O) groups excluding carboxylic acids is 1. The third kappa shape index (κ3) is 5.91. The van der Waals surface area contributed by atoms with Gasteiger partial charge in [-0.15, -0.1) is 0 Å². The average Bonchev–Trinajstić information content (AvgIpc) is 2.81. The summed E-state index contributed by atoms with van der Waals surface area (Å²) in [6.07, 6.45) is 3.35. The number of carboxylic acid groups (broad SMARTS) is 1. The van der Waals surface area contributed by atoms with Crippen LogP contribution < -0.4 is 10.6 Å². The Kier molecular flexibility index (Phi) is 6.95. The lowest BCUT2D eigenvalue weighted by Crippen LogP contribution is -2.55.